The lowest BCUT2D eigenvalue weighted by atomic mass is 10.2. The quantitative estimate of drug-likeness (QED) is 0.917. The Kier molecular flexibility index (Phi) is 3.34. The maximum Gasteiger partial charge on any atom is 0.184 e. The van der Waals surface area contributed by atoms with E-state index in [0.717, 1.165) is 11.1 Å². The van der Waals surface area contributed by atoms with Crippen molar-refractivity contribution in [2.45, 2.75) is 17.6 Å². The third-order valence-electron chi connectivity index (χ3n) is 2.58. The smallest absolute Gasteiger partial charge is 0.184 e. The molecule has 0 aliphatic carbocycles. The maximum absolute atomic E-state index is 12.2. The standard InChI is InChI=1S/C13H14N2O2S/c1-10-3-2-4-11(7-10)9-18(16,17)13-5-6-15-8-12(13)14/h2-8H,9,14H2,1H3. The van der Waals surface area contributed by atoms with Gasteiger partial charge >= 0.3 is 0 Å². The Morgan fingerprint density at radius 3 is 2.72 bits per heavy atom. The summed E-state index contributed by atoms with van der Waals surface area (Å²) in [6, 6.07) is 8.85. The van der Waals surface area contributed by atoms with Gasteiger partial charge in [-0.1, -0.05) is 29.8 Å². The van der Waals surface area contributed by atoms with E-state index < -0.39 is 9.84 Å². The number of benzene rings is 1. The largest absolute Gasteiger partial charge is 0.396 e. The summed E-state index contributed by atoms with van der Waals surface area (Å²) >= 11 is 0. The molecule has 0 saturated heterocycles. The Labute approximate surface area is 106 Å². The summed E-state index contributed by atoms with van der Waals surface area (Å²) in [5.74, 6) is -0.0527. The van der Waals surface area contributed by atoms with Crippen molar-refractivity contribution in [3.8, 4) is 0 Å². The normalized spacial score (nSPS) is 11.4. The third-order valence-corrected chi connectivity index (χ3v) is 4.34. The maximum atomic E-state index is 12.2. The van der Waals surface area contributed by atoms with Crippen LogP contribution < -0.4 is 5.73 Å². The van der Waals surface area contributed by atoms with Crippen molar-refractivity contribution in [1.29, 1.82) is 0 Å². The van der Waals surface area contributed by atoms with Gasteiger partial charge in [0.15, 0.2) is 9.84 Å². The van der Waals surface area contributed by atoms with E-state index >= 15 is 0 Å². The first-order chi connectivity index (χ1) is 8.49. The molecular formula is C13H14N2O2S. The van der Waals surface area contributed by atoms with E-state index in [0.29, 0.717) is 0 Å². The predicted molar refractivity (Wildman–Crippen MR) is 70.7 cm³/mol. The van der Waals surface area contributed by atoms with E-state index in [1.54, 1.807) is 6.07 Å². The fourth-order valence-electron chi connectivity index (χ4n) is 1.78. The lowest BCUT2D eigenvalue weighted by molar-refractivity contribution is 0.595. The van der Waals surface area contributed by atoms with Crippen LogP contribution in [0.3, 0.4) is 0 Å². The van der Waals surface area contributed by atoms with Gasteiger partial charge in [-0.05, 0) is 18.6 Å². The van der Waals surface area contributed by atoms with Crippen LogP contribution in [-0.2, 0) is 15.6 Å². The molecule has 0 amide bonds. The highest BCUT2D eigenvalue weighted by Gasteiger charge is 2.18. The number of aromatic nitrogens is 1. The topological polar surface area (TPSA) is 73.0 Å². The summed E-state index contributed by atoms with van der Waals surface area (Å²) in [4.78, 5) is 3.93. The first kappa shape index (κ1) is 12.6. The van der Waals surface area contributed by atoms with E-state index in [4.69, 9.17) is 5.73 Å². The zero-order chi connectivity index (χ0) is 13.2. The van der Waals surface area contributed by atoms with Crippen molar-refractivity contribution >= 4 is 15.5 Å². The molecule has 1 aromatic heterocycles. The Hall–Kier alpha value is -1.88. The molecule has 0 atom stereocenters. The van der Waals surface area contributed by atoms with E-state index in [2.05, 4.69) is 4.98 Å². The molecular weight excluding hydrogens is 248 g/mol. The Morgan fingerprint density at radius 2 is 2.06 bits per heavy atom. The summed E-state index contributed by atoms with van der Waals surface area (Å²) < 4.78 is 24.5. The minimum Gasteiger partial charge on any atom is -0.396 e. The number of rotatable bonds is 3. The van der Waals surface area contributed by atoms with Crippen LogP contribution in [0.15, 0.2) is 47.6 Å². The minimum absolute atomic E-state index is 0.0527. The van der Waals surface area contributed by atoms with Crippen molar-refractivity contribution in [1.82, 2.24) is 4.98 Å². The number of nitrogen functional groups attached to an aromatic ring is 1. The van der Waals surface area contributed by atoms with E-state index in [9.17, 15) is 8.42 Å². The lowest BCUT2D eigenvalue weighted by Crippen LogP contribution is -2.08. The van der Waals surface area contributed by atoms with Crippen LogP contribution in [0.1, 0.15) is 11.1 Å². The molecule has 0 bridgehead atoms. The van der Waals surface area contributed by atoms with Gasteiger partial charge in [-0.3, -0.25) is 4.98 Å². The number of nitrogens with two attached hydrogens (primary N) is 1. The second kappa shape index (κ2) is 4.78. The fraction of sp³-hybridized carbons (Fsp3) is 0.154. The first-order valence-electron chi connectivity index (χ1n) is 5.47. The zero-order valence-electron chi connectivity index (χ0n) is 10.00. The number of nitrogens with zero attached hydrogens (tertiary/aromatic N) is 1. The van der Waals surface area contributed by atoms with Crippen molar-refractivity contribution < 1.29 is 8.42 Å². The summed E-state index contributed by atoms with van der Waals surface area (Å²) in [5, 5.41) is 0. The number of sulfone groups is 1. The van der Waals surface area contributed by atoms with E-state index in [-0.39, 0.29) is 16.3 Å². The van der Waals surface area contributed by atoms with Crippen LogP contribution in [0.4, 0.5) is 5.69 Å². The monoisotopic (exact) mass is 262 g/mol. The molecule has 0 aliphatic heterocycles. The van der Waals surface area contributed by atoms with Crippen LogP contribution in [0.2, 0.25) is 0 Å². The Morgan fingerprint density at radius 1 is 1.28 bits per heavy atom. The molecule has 1 heterocycles. The van der Waals surface area contributed by atoms with Gasteiger partial charge < -0.3 is 5.73 Å². The molecule has 2 N–H and O–H groups in total. The van der Waals surface area contributed by atoms with Crippen molar-refractivity contribution in [2.24, 2.45) is 0 Å². The van der Waals surface area contributed by atoms with E-state index in [1.165, 1.54) is 18.5 Å². The zero-order valence-corrected chi connectivity index (χ0v) is 10.8. The highest BCUT2D eigenvalue weighted by atomic mass is 32.2. The number of anilines is 1. The van der Waals surface area contributed by atoms with Gasteiger partial charge in [-0.15, -0.1) is 0 Å². The van der Waals surface area contributed by atoms with Gasteiger partial charge in [-0.2, -0.15) is 0 Å². The van der Waals surface area contributed by atoms with Gasteiger partial charge in [0.2, 0.25) is 0 Å². The lowest BCUT2D eigenvalue weighted by Gasteiger charge is -2.07. The molecule has 0 unspecified atom stereocenters. The molecule has 2 aromatic rings. The van der Waals surface area contributed by atoms with Crippen LogP contribution >= 0.6 is 0 Å². The van der Waals surface area contributed by atoms with Crippen LogP contribution in [0.5, 0.6) is 0 Å². The Balaban J connectivity index is 2.37. The first-order valence-corrected chi connectivity index (χ1v) is 7.12. The molecule has 0 spiro atoms. The predicted octanol–water partition coefficient (Wildman–Crippen LogP) is 1.95. The molecule has 0 saturated carbocycles. The van der Waals surface area contributed by atoms with Crippen LogP contribution in [0.25, 0.3) is 0 Å². The van der Waals surface area contributed by atoms with Gasteiger partial charge in [0, 0.05) is 6.20 Å². The SMILES string of the molecule is Cc1cccc(CS(=O)(=O)c2ccncc2N)c1. The third kappa shape index (κ3) is 2.68. The average Bonchev–Trinajstić information content (AvgIpc) is 2.28. The molecule has 0 aliphatic rings. The minimum atomic E-state index is -3.43. The summed E-state index contributed by atoms with van der Waals surface area (Å²) in [6.07, 6.45) is 2.78. The second-order valence-electron chi connectivity index (χ2n) is 4.16. The number of pyridine rings is 1. The summed E-state index contributed by atoms with van der Waals surface area (Å²) in [7, 11) is -3.43. The van der Waals surface area contributed by atoms with Gasteiger partial charge in [0.25, 0.3) is 0 Å². The van der Waals surface area contributed by atoms with Gasteiger partial charge in [0.05, 0.1) is 22.5 Å². The molecule has 5 heteroatoms. The molecule has 2 rings (SSSR count). The van der Waals surface area contributed by atoms with Crippen molar-refractivity contribution in [2.75, 3.05) is 5.73 Å². The molecule has 18 heavy (non-hydrogen) atoms. The average molecular weight is 262 g/mol. The Bertz CT molecular complexity index is 666. The fourth-order valence-corrected chi connectivity index (χ4v) is 3.23. The number of hydrogen-bond acceptors (Lipinski definition) is 4. The highest BCUT2D eigenvalue weighted by Crippen LogP contribution is 2.21. The molecule has 0 radical (unpaired) electrons. The van der Waals surface area contributed by atoms with Gasteiger partial charge in [0.1, 0.15) is 0 Å². The number of hydrogen-bond donors (Lipinski definition) is 1. The van der Waals surface area contributed by atoms with E-state index in [1.807, 2.05) is 25.1 Å². The summed E-state index contributed by atoms with van der Waals surface area (Å²) in [5.41, 5.74) is 7.62. The number of aryl methyl sites for hydroxylation is 1. The van der Waals surface area contributed by atoms with Crippen LogP contribution in [0, 0.1) is 6.92 Å². The van der Waals surface area contributed by atoms with Crippen molar-refractivity contribution in [3.05, 3.63) is 53.9 Å². The van der Waals surface area contributed by atoms with Crippen LogP contribution in [-0.4, -0.2) is 13.4 Å². The van der Waals surface area contributed by atoms with Gasteiger partial charge in [-0.25, -0.2) is 8.42 Å². The molecule has 4 nitrogen and oxygen atoms in total. The molecule has 1 aromatic carbocycles. The molecule has 0 fully saturated rings. The second-order valence-corrected chi connectivity index (χ2v) is 6.12. The highest BCUT2D eigenvalue weighted by molar-refractivity contribution is 7.90. The van der Waals surface area contributed by atoms with Crippen molar-refractivity contribution in [3.63, 3.8) is 0 Å². The molecule has 94 valence electrons. The summed E-state index contributed by atoms with van der Waals surface area (Å²) in [6.45, 7) is 1.93.